The molecule has 1 fully saturated rings. The van der Waals surface area contributed by atoms with Crippen molar-refractivity contribution in [2.45, 2.75) is 18.9 Å². The summed E-state index contributed by atoms with van der Waals surface area (Å²) in [5.41, 5.74) is 2.08. The summed E-state index contributed by atoms with van der Waals surface area (Å²) in [6.45, 7) is 3.44. The van der Waals surface area contributed by atoms with E-state index >= 15 is 0 Å². The van der Waals surface area contributed by atoms with Crippen LogP contribution >= 0.6 is 0 Å². The van der Waals surface area contributed by atoms with Gasteiger partial charge in [-0.3, -0.25) is 4.84 Å². The molecule has 0 aliphatic heterocycles. The van der Waals surface area contributed by atoms with Crippen molar-refractivity contribution in [1.82, 2.24) is 10.4 Å². The third-order valence-electron chi connectivity index (χ3n) is 1.93. The summed E-state index contributed by atoms with van der Waals surface area (Å²) in [4.78, 5) is 27.6. The van der Waals surface area contributed by atoms with Crippen LogP contribution in [-0.2, 0) is 9.63 Å². The molecule has 0 aromatic heterocycles. The minimum absolute atomic E-state index is 0.233. The van der Waals surface area contributed by atoms with E-state index in [2.05, 4.69) is 16.9 Å². The van der Waals surface area contributed by atoms with Crippen molar-refractivity contribution in [3.8, 4) is 0 Å². The highest BCUT2D eigenvalue weighted by Crippen LogP contribution is 2.26. The first-order chi connectivity index (χ1) is 7.15. The summed E-state index contributed by atoms with van der Waals surface area (Å²) >= 11 is 0. The minimum Gasteiger partial charge on any atom is -0.479 e. The van der Waals surface area contributed by atoms with Gasteiger partial charge in [0.05, 0.1) is 0 Å². The molecule has 0 unspecified atom stereocenters. The van der Waals surface area contributed by atoms with Crippen molar-refractivity contribution in [3.63, 3.8) is 0 Å². The van der Waals surface area contributed by atoms with E-state index in [9.17, 15) is 9.59 Å². The maximum Gasteiger partial charge on any atom is 0.341 e. The van der Waals surface area contributed by atoms with Crippen LogP contribution in [0, 0.1) is 0 Å². The third kappa shape index (κ3) is 3.99. The number of rotatable bonds is 6. The molecular weight excluding hydrogens is 200 g/mol. The third-order valence-corrected chi connectivity index (χ3v) is 1.93. The number of hydrogen-bond donors (Lipinski definition) is 2. The molecule has 1 rings (SSSR count). The van der Waals surface area contributed by atoms with E-state index in [0.717, 1.165) is 12.8 Å². The Morgan fingerprint density at radius 1 is 1.60 bits per heavy atom. The Kier molecular flexibility index (Phi) is 4.11. The largest absolute Gasteiger partial charge is 0.479 e. The highest BCUT2D eigenvalue weighted by Gasteiger charge is 2.31. The SMILES string of the molecule is C=CCN(C(=O)NOCC(=O)O)C1CC1. The second-order valence-electron chi connectivity index (χ2n) is 3.26. The second-order valence-corrected chi connectivity index (χ2v) is 3.26. The molecule has 0 aromatic carbocycles. The fourth-order valence-corrected chi connectivity index (χ4v) is 1.14. The molecular formula is C9H14N2O4. The summed E-state index contributed by atoms with van der Waals surface area (Å²) in [5.74, 6) is -1.13. The predicted molar refractivity (Wildman–Crippen MR) is 52.0 cm³/mol. The Morgan fingerprint density at radius 2 is 2.27 bits per heavy atom. The lowest BCUT2D eigenvalue weighted by molar-refractivity contribution is -0.144. The van der Waals surface area contributed by atoms with Crippen molar-refractivity contribution in [1.29, 1.82) is 0 Å². The number of aliphatic carboxylic acids is 1. The molecule has 1 saturated carbocycles. The first-order valence-electron chi connectivity index (χ1n) is 4.66. The van der Waals surface area contributed by atoms with Crippen LogP contribution < -0.4 is 5.48 Å². The molecule has 1 aliphatic rings. The van der Waals surface area contributed by atoms with Gasteiger partial charge in [0.2, 0.25) is 0 Å². The Balaban J connectivity index is 2.28. The number of carboxylic acids is 1. The van der Waals surface area contributed by atoms with Gasteiger partial charge in [-0.1, -0.05) is 6.08 Å². The van der Waals surface area contributed by atoms with Crippen LogP contribution in [0.15, 0.2) is 12.7 Å². The molecule has 2 amide bonds. The van der Waals surface area contributed by atoms with Gasteiger partial charge in [0.1, 0.15) is 0 Å². The fourth-order valence-electron chi connectivity index (χ4n) is 1.14. The summed E-state index contributed by atoms with van der Waals surface area (Å²) in [6.07, 6.45) is 3.56. The highest BCUT2D eigenvalue weighted by molar-refractivity contribution is 5.74. The number of nitrogens with zero attached hydrogens (tertiary/aromatic N) is 1. The molecule has 0 heterocycles. The molecule has 0 bridgehead atoms. The van der Waals surface area contributed by atoms with Gasteiger partial charge in [-0.15, -0.1) is 6.58 Å². The van der Waals surface area contributed by atoms with Crippen LogP contribution in [0.25, 0.3) is 0 Å². The van der Waals surface area contributed by atoms with Crippen LogP contribution in [0.4, 0.5) is 4.79 Å². The van der Waals surface area contributed by atoms with E-state index in [1.807, 2.05) is 0 Å². The standard InChI is InChI=1S/C9H14N2O4/c1-2-5-11(7-3-4-7)9(14)10-15-6-8(12)13/h2,7H,1,3-6H2,(H,10,14)(H,12,13). The summed E-state index contributed by atoms with van der Waals surface area (Å²) in [5, 5.41) is 8.28. The van der Waals surface area contributed by atoms with Gasteiger partial charge < -0.3 is 10.0 Å². The number of urea groups is 1. The molecule has 0 atom stereocenters. The second kappa shape index (κ2) is 5.35. The van der Waals surface area contributed by atoms with Gasteiger partial charge in [0, 0.05) is 12.6 Å². The molecule has 0 saturated heterocycles. The summed E-state index contributed by atoms with van der Waals surface area (Å²) < 4.78 is 0. The van der Waals surface area contributed by atoms with Gasteiger partial charge in [-0.25, -0.2) is 15.1 Å². The number of carbonyl (C=O) groups excluding carboxylic acids is 1. The number of hydrogen-bond acceptors (Lipinski definition) is 3. The average molecular weight is 214 g/mol. The van der Waals surface area contributed by atoms with Gasteiger partial charge in [-0.2, -0.15) is 0 Å². The topological polar surface area (TPSA) is 78.9 Å². The van der Waals surface area contributed by atoms with Gasteiger partial charge in [0.25, 0.3) is 0 Å². The normalized spacial score (nSPS) is 14.4. The monoisotopic (exact) mass is 214 g/mol. The lowest BCUT2D eigenvalue weighted by Crippen LogP contribution is -2.42. The quantitative estimate of drug-likeness (QED) is 0.494. The zero-order chi connectivity index (χ0) is 11.3. The van der Waals surface area contributed by atoms with E-state index in [4.69, 9.17) is 5.11 Å². The molecule has 0 radical (unpaired) electrons. The number of nitrogens with one attached hydrogen (secondary N) is 1. The molecule has 84 valence electrons. The highest BCUT2D eigenvalue weighted by atomic mass is 16.7. The van der Waals surface area contributed by atoms with E-state index in [0.29, 0.717) is 6.54 Å². The van der Waals surface area contributed by atoms with E-state index in [1.54, 1.807) is 11.0 Å². The Morgan fingerprint density at radius 3 is 2.73 bits per heavy atom. The van der Waals surface area contributed by atoms with Crippen LogP contribution in [-0.4, -0.2) is 41.2 Å². The summed E-state index contributed by atoms with van der Waals surface area (Å²) in [7, 11) is 0. The zero-order valence-electron chi connectivity index (χ0n) is 8.31. The Bertz CT molecular complexity index is 263. The molecule has 1 aliphatic carbocycles. The Hall–Kier alpha value is -1.56. The van der Waals surface area contributed by atoms with Crippen LogP contribution in [0.3, 0.4) is 0 Å². The first-order valence-corrected chi connectivity index (χ1v) is 4.66. The van der Waals surface area contributed by atoms with Crippen molar-refractivity contribution in [2.75, 3.05) is 13.2 Å². The van der Waals surface area contributed by atoms with Crippen LogP contribution in [0.5, 0.6) is 0 Å². The minimum atomic E-state index is -1.13. The maximum absolute atomic E-state index is 11.4. The summed E-state index contributed by atoms with van der Waals surface area (Å²) in [6, 6.07) is -0.185. The lowest BCUT2D eigenvalue weighted by atomic mass is 10.5. The van der Waals surface area contributed by atoms with E-state index < -0.39 is 18.6 Å². The Labute approximate surface area is 87.5 Å². The van der Waals surface area contributed by atoms with Crippen molar-refractivity contribution < 1.29 is 19.5 Å². The van der Waals surface area contributed by atoms with Crippen molar-refractivity contribution in [3.05, 3.63) is 12.7 Å². The lowest BCUT2D eigenvalue weighted by Gasteiger charge is -2.20. The molecule has 6 heteroatoms. The number of amides is 2. The zero-order valence-corrected chi connectivity index (χ0v) is 8.31. The van der Waals surface area contributed by atoms with Crippen LogP contribution in [0.2, 0.25) is 0 Å². The molecule has 2 N–H and O–H groups in total. The molecule has 6 nitrogen and oxygen atoms in total. The number of carbonyl (C=O) groups is 2. The predicted octanol–water partition coefficient (Wildman–Crippen LogP) is 0.363. The fraction of sp³-hybridized carbons (Fsp3) is 0.556. The molecule has 15 heavy (non-hydrogen) atoms. The maximum atomic E-state index is 11.4. The van der Waals surface area contributed by atoms with Gasteiger partial charge in [0.15, 0.2) is 6.61 Å². The number of hydroxylamine groups is 1. The van der Waals surface area contributed by atoms with Gasteiger partial charge in [-0.05, 0) is 12.8 Å². The van der Waals surface area contributed by atoms with Crippen LogP contribution in [0.1, 0.15) is 12.8 Å². The van der Waals surface area contributed by atoms with Crippen molar-refractivity contribution in [2.24, 2.45) is 0 Å². The average Bonchev–Trinajstić information content (AvgIpc) is 2.96. The van der Waals surface area contributed by atoms with Gasteiger partial charge >= 0.3 is 12.0 Å². The van der Waals surface area contributed by atoms with E-state index in [-0.39, 0.29) is 6.04 Å². The molecule has 0 aromatic rings. The molecule has 0 spiro atoms. The van der Waals surface area contributed by atoms with Crippen molar-refractivity contribution >= 4 is 12.0 Å². The first kappa shape index (κ1) is 11.5. The smallest absolute Gasteiger partial charge is 0.341 e. The van der Waals surface area contributed by atoms with E-state index in [1.165, 1.54) is 0 Å². The number of carboxylic acid groups (broad SMARTS) is 1.